The third-order valence-corrected chi connectivity index (χ3v) is 2.74. The van der Waals surface area contributed by atoms with Crippen molar-refractivity contribution in [1.82, 2.24) is 5.32 Å². The molecule has 0 aromatic heterocycles. The second-order valence-corrected chi connectivity index (χ2v) is 3.62. The Labute approximate surface area is 64.2 Å². The van der Waals surface area contributed by atoms with E-state index in [1.807, 2.05) is 0 Å². The molecule has 0 aliphatic carbocycles. The molecule has 1 atom stereocenters. The van der Waals surface area contributed by atoms with E-state index in [2.05, 4.69) is 5.32 Å². The highest BCUT2D eigenvalue weighted by molar-refractivity contribution is 7.99. The molecular weight excluding hydrogens is 150 g/mol. The van der Waals surface area contributed by atoms with Crippen LogP contribution in [0.2, 0.25) is 0 Å². The summed E-state index contributed by atoms with van der Waals surface area (Å²) in [5.41, 5.74) is 0. The van der Waals surface area contributed by atoms with Gasteiger partial charge in [-0.25, -0.2) is 4.79 Å². The maximum absolute atomic E-state index is 10.1. The first-order valence-corrected chi connectivity index (χ1v) is 4.45. The Morgan fingerprint density at radius 3 is 2.90 bits per heavy atom. The number of amides is 1. The average molecular weight is 161 g/mol. The summed E-state index contributed by atoms with van der Waals surface area (Å²) in [6.07, 6.45) is 2.46. The zero-order chi connectivity index (χ0) is 7.40. The molecule has 1 saturated heterocycles. The van der Waals surface area contributed by atoms with Crippen LogP contribution in [0.3, 0.4) is 0 Å². The summed E-state index contributed by atoms with van der Waals surface area (Å²) in [5, 5.41) is 10.9. The van der Waals surface area contributed by atoms with Gasteiger partial charge in [0.15, 0.2) is 0 Å². The summed E-state index contributed by atoms with van der Waals surface area (Å²) in [6, 6.07) is 0. The molecule has 1 heterocycles. The standard InChI is InChI=1S/C6H11NO2S/c8-6(9)7-5-3-1-2-4-10-5/h5,7H,1-4H2,(H,8,9). The van der Waals surface area contributed by atoms with E-state index in [9.17, 15) is 4.79 Å². The van der Waals surface area contributed by atoms with E-state index in [0.717, 1.165) is 18.6 Å². The van der Waals surface area contributed by atoms with Crippen LogP contribution < -0.4 is 5.32 Å². The third-order valence-electron chi connectivity index (χ3n) is 1.46. The third kappa shape index (κ3) is 2.47. The van der Waals surface area contributed by atoms with Gasteiger partial charge in [0.2, 0.25) is 0 Å². The highest BCUT2D eigenvalue weighted by atomic mass is 32.2. The van der Waals surface area contributed by atoms with E-state index in [1.54, 1.807) is 11.8 Å². The molecule has 10 heavy (non-hydrogen) atoms. The summed E-state index contributed by atoms with van der Waals surface area (Å²) < 4.78 is 0. The fraction of sp³-hybridized carbons (Fsp3) is 0.833. The largest absolute Gasteiger partial charge is 0.465 e. The van der Waals surface area contributed by atoms with E-state index >= 15 is 0 Å². The van der Waals surface area contributed by atoms with Gasteiger partial charge in [-0.2, -0.15) is 0 Å². The van der Waals surface area contributed by atoms with Gasteiger partial charge in [-0.1, -0.05) is 0 Å². The van der Waals surface area contributed by atoms with Gasteiger partial charge < -0.3 is 10.4 Å². The van der Waals surface area contributed by atoms with Crippen LogP contribution in [0.5, 0.6) is 0 Å². The van der Waals surface area contributed by atoms with Crippen molar-refractivity contribution in [1.29, 1.82) is 0 Å². The normalized spacial score (nSPS) is 25.8. The minimum atomic E-state index is -0.903. The Morgan fingerprint density at radius 2 is 2.40 bits per heavy atom. The number of hydrogen-bond donors (Lipinski definition) is 2. The number of hydrogen-bond acceptors (Lipinski definition) is 2. The molecule has 0 spiro atoms. The molecule has 1 fully saturated rings. The van der Waals surface area contributed by atoms with Gasteiger partial charge in [0.1, 0.15) is 0 Å². The predicted octanol–water partition coefficient (Wildman–Crippen LogP) is 1.50. The Kier molecular flexibility index (Phi) is 2.86. The first-order valence-electron chi connectivity index (χ1n) is 3.40. The van der Waals surface area contributed by atoms with Gasteiger partial charge in [-0.3, -0.25) is 0 Å². The Balaban J connectivity index is 2.19. The molecule has 1 rings (SSSR count). The number of thioether (sulfide) groups is 1. The summed E-state index contributed by atoms with van der Waals surface area (Å²) in [4.78, 5) is 10.1. The fourth-order valence-electron chi connectivity index (χ4n) is 0.992. The fourth-order valence-corrected chi connectivity index (χ4v) is 2.17. The number of rotatable bonds is 1. The van der Waals surface area contributed by atoms with Crippen LogP contribution in [0.4, 0.5) is 4.79 Å². The lowest BCUT2D eigenvalue weighted by Gasteiger charge is -2.20. The van der Waals surface area contributed by atoms with Gasteiger partial charge in [0.05, 0.1) is 5.37 Å². The van der Waals surface area contributed by atoms with E-state index < -0.39 is 6.09 Å². The summed E-state index contributed by atoms with van der Waals surface area (Å²) in [7, 11) is 0. The van der Waals surface area contributed by atoms with Crippen LogP contribution in [0.25, 0.3) is 0 Å². The molecule has 0 aromatic carbocycles. The second kappa shape index (κ2) is 3.71. The molecular formula is C6H11NO2S. The molecule has 0 bridgehead atoms. The van der Waals surface area contributed by atoms with Gasteiger partial charge >= 0.3 is 6.09 Å². The smallest absolute Gasteiger partial charge is 0.405 e. The topological polar surface area (TPSA) is 49.3 Å². The monoisotopic (exact) mass is 161 g/mol. The van der Waals surface area contributed by atoms with Gasteiger partial charge in [-0.15, -0.1) is 11.8 Å². The minimum absolute atomic E-state index is 0.145. The minimum Gasteiger partial charge on any atom is -0.465 e. The van der Waals surface area contributed by atoms with Crippen LogP contribution >= 0.6 is 11.8 Å². The lowest BCUT2D eigenvalue weighted by atomic mass is 10.2. The summed E-state index contributed by atoms with van der Waals surface area (Å²) in [5.74, 6) is 1.09. The quantitative estimate of drug-likeness (QED) is 0.612. The van der Waals surface area contributed by atoms with Crippen molar-refractivity contribution in [2.45, 2.75) is 24.6 Å². The van der Waals surface area contributed by atoms with Crippen molar-refractivity contribution in [3.8, 4) is 0 Å². The lowest BCUT2D eigenvalue weighted by molar-refractivity contribution is 0.193. The SMILES string of the molecule is O=C(O)NC1CCCCS1. The maximum atomic E-state index is 10.1. The molecule has 1 unspecified atom stereocenters. The number of carboxylic acid groups (broad SMARTS) is 1. The van der Waals surface area contributed by atoms with Crippen molar-refractivity contribution in [2.24, 2.45) is 0 Å². The van der Waals surface area contributed by atoms with Crippen LogP contribution in [0.1, 0.15) is 19.3 Å². The molecule has 58 valence electrons. The molecule has 0 radical (unpaired) electrons. The molecule has 3 nitrogen and oxygen atoms in total. The zero-order valence-corrected chi connectivity index (χ0v) is 6.49. The van der Waals surface area contributed by atoms with Crippen molar-refractivity contribution in [3.05, 3.63) is 0 Å². The van der Waals surface area contributed by atoms with Crippen LogP contribution in [0.15, 0.2) is 0 Å². The first-order chi connectivity index (χ1) is 4.79. The maximum Gasteiger partial charge on any atom is 0.405 e. The Hall–Kier alpha value is -0.380. The number of carbonyl (C=O) groups is 1. The molecule has 0 saturated carbocycles. The highest BCUT2D eigenvalue weighted by Crippen LogP contribution is 2.22. The predicted molar refractivity (Wildman–Crippen MR) is 41.3 cm³/mol. The zero-order valence-electron chi connectivity index (χ0n) is 5.67. The van der Waals surface area contributed by atoms with E-state index in [1.165, 1.54) is 6.42 Å². The van der Waals surface area contributed by atoms with E-state index in [-0.39, 0.29) is 5.37 Å². The molecule has 1 amide bonds. The average Bonchev–Trinajstić information content (AvgIpc) is 1.88. The summed E-state index contributed by atoms with van der Waals surface area (Å²) >= 11 is 1.70. The van der Waals surface area contributed by atoms with Crippen molar-refractivity contribution >= 4 is 17.9 Å². The Morgan fingerprint density at radius 1 is 1.60 bits per heavy atom. The lowest BCUT2D eigenvalue weighted by Crippen LogP contribution is -2.32. The second-order valence-electron chi connectivity index (χ2n) is 2.30. The van der Waals surface area contributed by atoms with Crippen molar-refractivity contribution < 1.29 is 9.90 Å². The first kappa shape index (κ1) is 7.72. The molecule has 2 N–H and O–H groups in total. The van der Waals surface area contributed by atoms with Crippen LogP contribution in [-0.2, 0) is 0 Å². The highest BCUT2D eigenvalue weighted by Gasteiger charge is 2.14. The Bertz CT molecular complexity index is 123. The van der Waals surface area contributed by atoms with Crippen molar-refractivity contribution in [3.63, 3.8) is 0 Å². The molecule has 4 heteroatoms. The van der Waals surface area contributed by atoms with Gasteiger partial charge in [0, 0.05) is 0 Å². The van der Waals surface area contributed by atoms with Crippen LogP contribution in [0, 0.1) is 0 Å². The van der Waals surface area contributed by atoms with Gasteiger partial charge in [0.25, 0.3) is 0 Å². The van der Waals surface area contributed by atoms with Crippen molar-refractivity contribution in [2.75, 3.05) is 5.75 Å². The van der Waals surface area contributed by atoms with E-state index in [4.69, 9.17) is 5.11 Å². The van der Waals surface area contributed by atoms with E-state index in [0.29, 0.717) is 0 Å². The van der Waals surface area contributed by atoms with Crippen LogP contribution in [-0.4, -0.2) is 22.3 Å². The molecule has 0 aromatic rings. The number of nitrogens with one attached hydrogen (secondary N) is 1. The summed E-state index contributed by atoms with van der Waals surface area (Å²) in [6.45, 7) is 0. The molecule has 1 aliphatic rings. The molecule has 1 aliphatic heterocycles. The van der Waals surface area contributed by atoms with Gasteiger partial charge in [-0.05, 0) is 25.0 Å².